The molecule has 7 heteroatoms. The summed E-state index contributed by atoms with van der Waals surface area (Å²) in [6, 6.07) is -0.191. The second kappa shape index (κ2) is 4.77. The van der Waals surface area contributed by atoms with Crippen LogP contribution in [0.3, 0.4) is 0 Å². The van der Waals surface area contributed by atoms with Crippen LogP contribution in [0.4, 0.5) is 4.79 Å². The summed E-state index contributed by atoms with van der Waals surface area (Å²) in [4.78, 5) is 15.3. The largest absolute Gasteiger partial charge is 0.338 e. The zero-order valence-corrected chi connectivity index (χ0v) is 8.59. The quantitative estimate of drug-likeness (QED) is 0.486. The Morgan fingerprint density at radius 3 is 2.79 bits per heavy atom. The van der Waals surface area contributed by atoms with Crippen molar-refractivity contribution >= 4 is 12.0 Å². The molecule has 1 rings (SSSR count). The van der Waals surface area contributed by atoms with Gasteiger partial charge in [-0.2, -0.15) is 0 Å². The maximum absolute atomic E-state index is 11.1. The molecule has 2 amide bonds. The molecule has 0 aromatic heterocycles. The van der Waals surface area contributed by atoms with E-state index in [1.807, 2.05) is 20.8 Å². The molecule has 1 heterocycles. The normalized spacial score (nSPS) is 20.6. The van der Waals surface area contributed by atoms with Crippen LogP contribution in [0.15, 0.2) is 4.99 Å². The Balaban J connectivity index is 2.58. The first kappa shape index (κ1) is 10.7. The van der Waals surface area contributed by atoms with Crippen molar-refractivity contribution in [1.82, 2.24) is 26.8 Å². The molecule has 0 spiro atoms. The van der Waals surface area contributed by atoms with Gasteiger partial charge < -0.3 is 0 Å². The minimum absolute atomic E-state index is 0.124. The van der Waals surface area contributed by atoms with E-state index in [4.69, 9.17) is 0 Å². The Bertz CT molecular complexity index is 238. The summed E-state index contributed by atoms with van der Waals surface area (Å²) in [7, 11) is 0. The summed E-state index contributed by atoms with van der Waals surface area (Å²) < 4.78 is 0. The number of hydrazine groups is 3. The number of aliphatic imine (C=N–C) groups is 1. The number of hydrogen-bond acceptors (Lipinski definition) is 4. The third kappa shape index (κ3) is 3.19. The number of carbonyl (C=O) groups excluding carboxylic acids is 1. The summed E-state index contributed by atoms with van der Waals surface area (Å²) in [6.45, 7) is 6.48. The van der Waals surface area contributed by atoms with Crippen LogP contribution >= 0.6 is 0 Å². The van der Waals surface area contributed by atoms with Gasteiger partial charge in [0.1, 0.15) is 0 Å². The Morgan fingerprint density at radius 2 is 2.21 bits per heavy atom. The lowest BCUT2D eigenvalue weighted by atomic mass is 10.4. The first-order valence-corrected chi connectivity index (χ1v) is 4.57. The molecule has 7 nitrogen and oxygen atoms in total. The highest BCUT2D eigenvalue weighted by atomic mass is 16.2. The van der Waals surface area contributed by atoms with E-state index in [0.29, 0.717) is 12.5 Å². The van der Waals surface area contributed by atoms with Crippen LogP contribution in [-0.4, -0.2) is 29.8 Å². The van der Waals surface area contributed by atoms with Gasteiger partial charge in [0.05, 0.1) is 0 Å². The van der Waals surface area contributed by atoms with E-state index >= 15 is 0 Å². The maximum Gasteiger partial charge on any atom is 0.338 e. The van der Waals surface area contributed by atoms with Gasteiger partial charge in [0, 0.05) is 12.6 Å². The Morgan fingerprint density at radius 1 is 1.50 bits per heavy atom. The average Bonchev–Trinajstić information content (AvgIpc) is 2.01. The van der Waals surface area contributed by atoms with E-state index < -0.39 is 0 Å². The molecular weight excluding hydrogens is 184 g/mol. The van der Waals surface area contributed by atoms with Crippen LogP contribution in [0.1, 0.15) is 20.8 Å². The number of nitrogens with one attached hydrogen (secondary N) is 4. The van der Waals surface area contributed by atoms with Gasteiger partial charge in [0.25, 0.3) is 0 Å². The van der Waals surface area contributed by atoms with Crippen molar-refractivity contribution in [2.24, 2.45) is 4.99 Å². The van der Waals surface area contributed by atoms with Crippen LogP contribution in [-0.2, 0) is 0 Å². The van der Waals surface area contributed by atoms with Gasteiger partial charge in [-0.25, -0.2) is 20.6 Å². The van der Waals surface area contributed by atoms with Crippen molar-refractivity contribution in [1.29, 1.82) is 0 Å². The van der Waals surface area contributed by atoms with Gasteiger partial charge in [0.2, 0.25) is 5.96 Å². The third-order valence-corrected chi connectivity index (χ3v) is 1.37. The van der Waals surface area contributed by atoms with Crippen molar-refractivity contribution in [3.05, 3.63) is 0 Å². The second-order valence-electron chi connectivity index (χ2n) is 3.10. The zero-order chi connectivity index (χ0) is 10.6. The van der Waals surface area contributed by atoms with E-state index in [2.05, 4.69) is 26.6 Å². The van der Waals surface area contributed by atoms with E-state index in [1.54, 1.807) is 0 Å². The van der Waals surface area contributed by atoms with Crippen LogP contribution < -0.4 is 21.6 Å². The van der Waals surface area contributed by atoms with Crippen LogP contribution in [0.2, 0.25) is 0 Å². The molecule has 0 atom stereocenters. The van der Waals surface area contributed by atoms with E-state index in [9.17, 15) is 4.79 Å². The molecule has 0 unspecified atom stereocenters. The number of nitrogens with zero attached hydrogens (tertiary/aromatic N) is 2. The Hall–Kier alpha value is -1.34. The standard InChI is InChI=1S/C7H16N6O/c1-4-8-13-11-6(9-5(2)3)10-7(14)12-13/h5,8H,4H2,1-3H3,(H3,9,10,11,12,14). The fraction of sp³-hybridized carbons (Fsp3) is 0.714. The van der Waals surface area contributed by atoms with E-state index in [1.165, 1.54) is 5.23 Å². The lowest BCUT2D eigenvalue weighted by Crippen LogP contribution is -2.69. The maximum atomic E-state index is 11.1. The molecule has 0 bridgehead atoms. The topological polar surface area (TPSA) is 80.8 Å². The fourth-order valence-corrected chi connectivity index (χ4v) is 0.955. The number of amides is 2. The monoisotopic (exact) mass is 200 g/mol. The van der Waals surface area contributed by atoms with Crippen LogP contribution in [0.25, 0.3) is 0 Å². The molecule has 0 aromatic rings. The molecule has 0 radical (unpaired) electrons. The van der Waals surface area contributed by atoms with Crippen molar-refractivity contribution in [3.8, 4) is 0 Å². The smallest absolute Gasteiger partial charge is 0.276 e. The second-order valence-corrected chi connectivity index (χ2v) is 3.10. The lowest BCUT2D eigenvalue weighted by molar-refractivity contribution is 0.0847. The van der Waals surface area contributed by atoms with Gasteiger partial charge >= 0.3 is 6.03 Å². The molecule has 1 fully saturated rings. The number of guanidine groups is 1. The number of urea groups is 1. The summed E-state index contributed by atoms with van der Waals surface area (Å²) >= 11 is 0. The fourth-order valence-electron chi connectivity index (χ4n) is 0.955. The predicted molar refractivity (Wildman–Crippen MR) is 52.9 cm³/mol. The number of rotatable bonds is 3. The molecule has 80 valence electrons. The summed E-state index contributed by atoms with van der Waals surface area (Å²) in [6.07, 6.45) is 0. The first-order chi connectivity index (χ1) is 6.61. The predicted octanol–water partition coefficient (Wildman–Crippen LogP) is -0.690. The molecule has 0 aliphatic carbocycles. The van der Waals surface area contributed by atoms with E-state index in [-0.39, 0.29) is 12.1 Å². The van der Waals surface area contributed by atoms with Gasteiger partial charge in [-0.05, 0) is 13.8 Å². The highest BCUT2D eigenvalue weighted by Gasteiger charge is 2.18. The molecule has 0 aromatic carbocycles. The molecule has 1 aliphatic heterocycles. The van der Waals surface area contributed by atoms with Gasteiger partial charge in [-0.1, -0.05) is 12.2 Å². The van der Waals surface area contributed by atoms with Gasteiger partial charge in [0.15, 0.2) is 0 Å². The Kier molecular flexibility index (Phi) is 3.66. The molecule has 0 saturated carbocycles. The van der Waals surface area contributed by atoms with Gasteiger partial charge in [-0.15, -0.1) is 0 Å². The SMILES string of the molecule is CCNN1NC(=O)NC(=NC(C)C)N1. The minimum atomic E-state index is -0.316. The molecule has 4 N–H and O–H groups in total. The van der Waals surface area contributed by atoms with Crippen LogP contribution in [0.5, 0.6) is 0 Å². The minimum Gasteiger partial charge on any atom is -0.276 e. The molecule has 1 aliphatic rings. The number of carbonyl (C=O) groups is 1. The highest BCUT2D eigenvalue weighted by molar-refractivity contribution is 5.97. The van der Waals surface area contributed by atoms with Crippen molar-refractivity contribution < 1.29 is 4.79 Å². The summed E-state index contributed by atoms with van der Waals surface area (Å²) in [5.74, 6) is 0.435. The molecule has 1 saturated heterocycles. The first-order valence-electron chi connectivity index (χ1n) is 4.57. The Labute approximate surface area is 82.8 Å². The molecular formula is C7H16N6O. The summed E-state index contributed by atoms with van der Waals surface area (Å²) in [5.41, 5.74) is 8.23. The van der Waals surface area contributed by atoms with Crippen molar-refractivity contribution in [2.45, 2.75) is 26.8 Å². The summed E-state index contributed by atoms with van der Waals surface area (Å²) in [5, 5.41) is 3.92. The molecule has 14 heavy (non-hydrogen) atoms. The van der Waals surface area contributed by atoms with Crippen molar-refractivity contribution in [2.75, 3.05) is 6.54 Å². The average molecular weight is 200 g/mol. The van der Waals surface area contributed by atoms with Crippen molar-refractivity contribution in [3.63, 3.8) is 0 Å². The zero-order valence-electron chi connectivity index (χ0n) is 8.59. The lowest BCUT2D eigenvalue weighted by Gasteiger charge is -2.29. The van der Waals surface area contributed by atoms with E-state index in [0.717, 1.165) is 0 Å². The highest BCUT2D eigenvalue weighted by Crippen LogP contribution is 1.88. The van der Waals surface area contributed by atoms with Crippen LogP contribution in [0, 0.1) is 0 Å². The third-order valence-electron chi connectivity index (χ3n) is 1.37. The van der Waals surface area contributed by atoms with Gasteiger partial charge in [-0.3, -0.25) is 10.7 Å². The number of hydrogen-bond donors (Lipinski definition) is 4.